The monoisotopic (exact) mass is 308 g/mol. The van der Waals surface area contributed by atoms with Gasteiger partial charge in [-0.05, 0) is 26.3 Å². The summed E-state index contributed by atoms with van der Waals surface area (Å²) in [6.07, 6.45) is 8.83. The van der Waals surface area contributed by atoms with Crippen molar-refractivity contribution in [1.29, 1.82) is 0 Å². The van der Waals surface area contributed by atoms with Crippen molar-refractivity contribution in [3.8, 4) is 5.75 Å². The Morgan fingerprint density at radius 2 is 2.09 bits per heavy atom. The van der Waals surface area contributed by atoms with E-state index in [2.05, 4.69) is 11.9 Å². The van der Waals surface area contributed by atoms with Crippen LogP contribution in [0.5, 0.6) is 5.75 Å². The van der Waals surface area contributed by atoms with Crippen LogP contribution in [-0.2, 0) is 17.8 Å². The molecule has 1 N–H and O–H groups in total. The van der Waals surface area contributed by atoms with Gasteiger partial charge in [-0.15, -0.1) is 0 Å². The number of nitrogens with zero attached hydrogens (tertiary/aromatic N) is 2. The van der Waals surface area contributed by atoms with E-state index in [1.807, 2.05) is 4.57 Å². The zero-order valence-electron chi connectivity index (χ0n) is 13.8. The number of pyridine rings is 1. The molecule has 0 unspecified atom stereocenters. The first-order valence-corrected chi connectivity index (χ1v) is 8.23. The van der Waals surface area contributed by atoms with Crippen molar-refractivity contribution < 1.29 is 9.84 Å². The molecule has 0 aliphatic heterocycles. The average Bonchev–Trinajstić information content (AvgIpc) is 2.53. The van der Waals surface area contributed by atoms with Crippen LogP contribution in [0.4, 0.5) is 0 Å². The lowest BCUT2D eigenvalue weighted by molar-refractivity contribution is 0.176. The van der Waals surface area contributed by atoms with Crippen LogP contribution in [0, 0.1) is 0 Å². The Hall–Kier alpha value is -1.33. The Labute approximate surface area is 132 Å². The Balaban J connectivity index is 2.09. The van der Waals surface area contributed by atoms with Crippen LogP contribution in [0.25, 0.3) is 0 Å². The molecule has 1 saturated carbocycles. The lowest BCUT2D eigenvalue weighted by Crippen LogP contribution is -2.34. The topological polar surface area (TPSA) is 54.7 Å². The fourth-order valence-electron chi connectivity index (χ4n) is 3.23. The summed E-state index contributed by atoms with van der Waals surface area (Å²) in [5, 5.41) is 9.69. The van der Waals surface area contributed by atoms with E-state index in [1.54, 1.807) is 19.4 Å². The van der Waals surface area contributed by atoms with E-state index in [4.69, 9.17) is 4.74 Å². The van der Waals surface area contributed by atoms with Gasteiger partial charge in [0.2, 0.25) is 5.43 Å². The number of ether oxygens (including phenoxy) is 1. The Morgan fingerprint density at radius 3 is 2.77 bits per heavy atom. The maximum absolute atomic E-state index is 11.8. The predicted octanol–water partition coefficient (Wildman–Crippen LogP) is 2.35. The van der Waals surface area contributed by atoms with Crippen molar-refractivity contribution in [2.75, 3.05) is 20.8 Å². The molecule has 1 aliphatic rings. The van der Waals surface area contributed by atoms with Crippen LogP contribution in [-0.4, -0.2) is 41.4 Å². The fourth-order valence-corrected chi connectivity index (χ4v) is 3.23. The summed E-state index contributed by atoms with van der Waals surface area (Å²) >= 11 is 0. The van der Waals surface area contributed by atoms with Crippen LogP contribution < -0.4 is 5.43 Å². The van der Waals surface area contributed by atoms with E-state index in [1.165, 1.54) is 32.1 Å². The molecule has 5 heteroatoms. The summed E-state index contributed by atoms with van der Waals surface area (Å²) < 4.78 is 7.07. The summed E-state index contributed by atoms with van der Waals surface area (Å²) in [6.45, 7) is 2.16. The number of rotatable bonds is 7. The molecule has 0 radical (unpaired) electrons. The molecule has 0 amide bonds. The van der Waals surface area contributed by atoms with Gasteiger partial charge in [0.25, 0.3) is 0 Å². The highest BCUT2D eigenvalue weighted by Gasteiger charge is 2.19. The molecule has 0 atom stereocenters. The number of methoxy groups -OCH3 is 1. The SMILES string of the molecule is COCCCn1cc(O)c(=O)cc1CN(C)C1CCCCC1. The van der Waals surface area contributed by atoms with Crippen molar-refractivity contribution in [2.24, 2.45) is 0 Å². The van der Waals surface area contributed by atoms with Crippen molar-refractivity contribution in [3.63, 3.8) is 0 Å². The maximum Gasteiger partial charge on any atom is 0.223 e. The minimum atomic E-state index is -0.296. The van der Waals surface area contributed by atoms with Crippen molar-refractivity contribution in [2.45, 2.75) is 57.7 Å². The van der Waals surface area contributed by atoms with Crippen LogP contribution in [0.15, 0.2) is 17.1 Å². The highest BCUT2D eigenvalue weighted by atomic mass is 16.5. The number of aromatic nitrogens is 1. The average molecular weight is 308 g/mol. The first kappa shape index (κ1) is 17.0. The van der Waals surface area contributed by atoms with Crippen LogP contribution in [0.1, 0.15) is 44.2 Å². The molecule has 0 saturated heterocycles. The summed E-state index contributed by atoms with van der Waals surface area (Å²) in [5.74, 6) is -0.179. The quantitative estimate of drug-likeness (QED) is 0.786. The third-order valence-corrected chi connectivity index (χ3v) is 4.55. The van der Waals surface area contributed by atoms with Gasteiger partial charge in [0.1, 0.15) is 0 Å². The molecule has 1 heterocycles. The number of hydrogen-bond donors (Lipinski definition) is 1. The number of aryl methyl sites for hydroxylation is 1. The molecule has 0 spiro atoms. The zero-order chi connectivity index (χ0) is 15.9. The molecule has 1 fully saturated rings. The van der Waals surface area contributed by atoms with Gasteiger partial charge < -0.3 is 14.4 Å². The molecule has 22 heavy (non-hydrogen) atoms. The van der Waals surface area contributed by atoms with Gasteiger partial charge >= 0.3 is 0 Å². The molecule has 1 aromatic heterocycles. The van der Waals surface area contributed by atoms with E-state index in [9.17, 15) is 9.90 Å². The highest BCUT2D eigenvalue weighted by Crippen LogP contribution is 2.23. The Kier molecular flexibility index (Phi) is 6.46. The predicted molar refractivity (Wildman–Crippen MR) is 87.2 cm³/mol. The maximum atomic E-state index is 11.8. The molecular formula is C17H28N2O3. The van der Waals surface area contributed by atoms with Crippen LogP contribution in [0.3, 0.4) is 0 Å². The Morgan fingerprint density at radius 1 is 1.36 bits per heavy atom. The van der Waals surface area contributed by atoms with E-state index in [0.29, 0.717) is 12.6 Å². The molecule has 1 aromatic rings. The van der Waals surface area contributed by atoms with E-state index in [0.717, 1.165) is 25.2 Å². The van der Waals surface area contributed by atoms with Gasteiger partial charge in [-0.3, -0.25) is 9.69 Å². The van der Waals surface area contributed by atoms with E-state index >= 15 is 0 Å². The van der Waals surface area contributed by atoms with Crippen LogP contribution >= 0.6 is 0 Å². The second-order valence-corrected chi connectivity index (χ2v) is 6.26. The first-order valence-electron chi connectivity index (χ1n) is 8.23. The lowest BCUT2D eigenvalue weighted by atomic mass is 9.94. The number of aromatic hydroxyl groups is 1. The van der Waals surface area contributed by atoms with E-state index in [-0.39, 0.29) is 11.2 Å². The smallest absolute Gasteiger partial charge is 0.223 e. The van der Waals surface area contributed by atoms with Crippen molar-refractivity contribution in [3.05, 3.63) is 28.2 Å². The van der Waals surface area contributed by atoms with Gasteiger partial charge in [-0.2, -0.15) is 0 Å². The van der Waals surface area contributed by atoms with Gasteiger partial charge in [0.15, 0.2) is 5.75 Å². The third-order valence-electron chi connectivity index (χ3n) is 4.55. The molecule has 2 rings (SSSR count). The lowest BCUT2D eigenvalue weighted by Gasteiger charge is -2.31. The van der Waals surface area contributed by atoms with Gasteiger partial charge in [-0.1, -0.05) is 19.3 Å². The van der Waals surface area contributed by atoms with E-state index < -0.39 is 0 Å². The molecule has 124 valence electrons. The molecular weight excluding hydrogens is 280 g/mol. The van der Waals surface area contributed by atoms with Gasteiger partial charge in [0.05, 0.1) is 6.20 Å². The minimum Gasteiger partial charge on any atom is -0.503 e. The molecule has 1 aliphatic carbocycles. The van der Waals surface area contributed by atoms with Gasteiger partial charge in [-0.25, -0.2) is 0 Å². The Bertz CT molecular complexity index is 521. The normalized spacial score (nSPS) is 16.3. The van der Waals surface area contributed by atoms with Gasteiger partial charge in [0, 0.05) is 44.6 Å². The summed E-state index contributed by atoms with van der Waals surface area (Å²) in [7, 11) is 3.81. The first-order chi connectivity index (χ1) is 10.6. The summed E-state index contributed by atoms with van der Waals surface area (Å²) in [4.78, 5) is 14.1. The molecule has 0 bridgehead atoms. The standard InChI is InChI=1S/C17H28N2O3/c1-18(14-7-4-3-5-8-14)12-15-11-16(20)17(21)13-19(15)9-6-10-22-2/h11,13-14,21H,3-10,12H2,1-2H3. The minimum absolute atomic E-state index is 0.179. The zero-order valence-corrected chi connectivity index (χ0v) is 13.8. The highest BCUT2D eigenvalue weighted by molar-refractivity contribution is 5.20. The largest absolute Gasteiger partial charge is 0.503 e. The fraction of sp³-hybridized carbons (Fsp3) is 0.706. The number of hydrogen-bond acceptors (Lipinski definition) is 4. The third kappa shape index (κ3) is 4.58. The second-order valence-electron chi connectivity index (χ2n) is 6.26. The second kappa shape index (κ2) is 8.34. The van der Waals surface area contributed by atoms with Crippen LogP contribution in [0.2, 0.25) is 0 Å². The summed E-state index contributed by atoms with van der Waals surface area (Å²) in [6, 6.07) is 2.17. The molecule has 5 nitrogen and oxygen atoms in total. The van der Waals surface area contributed by atoms with Crippen molar-refractivity contribution >= 4 is 0 Å². The molecule has 0 aromatic carbocycles. The summed E-state index contributed by atoms with van der Waals surface area (Å²) in [5.41, 5.74) is 0.669. The van der Waals surface area contributed by atoms with Crippen molar-refractivity contribution in [1.82, 2.24) is 9.47 Å².